The second-order valence-corrected chi connectivity index (χ2v) is 3.43. The second-order valence-electron chi connectivity index (χ2n) is 3.43. The fourth-order valence-corrected chi connectivity index (χ4v) is 1.61. The Labute approximate surface area is 79.4 Å². The summed E-state index contributed by atoms with van der Waals surface area (Å²) in [7, 11) is 1.30. The summed E-state index contributed by atoms with van der Waals surface area (Å²) in [6, 6.07) is 10.4. The van der Waals surface area contributed by atoms with E-state index >= 15 is 0 Å². The molecule has 1 aromatic rings. The van der Waals surface area contributed by atoms with E-state index in [1.807, 2.05) is 18.2 Å². The molecule has 0 saturated heterocycles. The van der Waals surface area contributed by atoms with Gasteiger partial charge in [0.15, 0.2) is 0 Å². The number of allylic oxidation sites excluding steroid dienone is 2. The molecule has 2 heteroatoms. The van der Waals surface area contributed by atoms with Gasteiger partial charge in [0, 0.05) is 0 Å². The van der Waals surface area contributed by atoms with Gasteiger partial charge in [0.1, 0.15) is 0 Å². The Kier molecular flexibility index (Phi) is 2.50. The number of hydrogen-bond donors (Lipinski definition) is 1. The van der Waals surface area contributed by atoms with Crippen LogP contribution in [0.3, 0.4) is 0 Å². The lowest BCUT2D eigenvalue weighted by Crippen LogP contribution is -2.14. The van der Waals surface area contributed by atoms with E-state index in [1.54, 1.807) is 0 Å². The zero-order valence-corrected chi connectivity index (χ0v) is 7.48. The molecule has 0 fully saturated rings. The maximum atomic E-state index is 8.87. The minimum atomic E-state index is 0.306. The van der Waals surface area contributed by atoms with E-state index in [4.69, 9.17) is 5.02 Å². The highest BCUT2D eigenvalue weighted by Crippen LogP contribution is 2.33. The third-order valence-corrected chi connectivity index (χ3v) is 2.54. The minimum absolute atomic E-state index is 0.306. The molecule has 1 atom stereocenters. The van der Waals surface area contributed by atoms with Crippen LogP contribution in [0.4, 0.5) is 0 Å². The van der Waals surface area contributed by atoms with Gasteiger partial charge >= 0.3 is 0 Å². The molecule has 1 unspecified atom stereocenters. The van der Waals surface area contributed by atoms with Crippen LogP contribution < -0.4 is 0 Å². The molecule has 1 aliphatic carbocycles. The molecular weight excluding hydrogens is 159 g/mol. The predicted octanol–water partition coefficient (Wildman–Crippen LogP) is 1.96. The van der Waals surface area contributed by atoms with Crippen molar-refractivity contribution in [2.45, 2.75) is 18.7 Å². The standard InChI is InChI=1S/C11H12BO/c13-12-11-7-6-10(11)8-9-4-2-1-3-5-9/h1-6,11,13H,7-8H2. The topological polar surface area (TPSA) is 20.2 Å². The molecule has 2 rings (SSSR count). The molecule has 13 heavy (non-hydrogen) atoms. The summed E-state index contributed by atoms with van der Waals surface area (Å²) in [5, 5.41) is 8.87. The first-order valence-corrected chi connectivity index (χ1v) is 4.60. The van der Waals surface area contributed by atoms with Gasteiger partial charge in [0.2, 0.25) is 0 Å². The molecule has 0 aromatic heterocycles. The lowest BCUT2D eigenvalue weighted by molar-refractivity contribution is 0.574. The van der Waals surface area contributed by atoms with Gasteiger partial charge in [0.05, 0.1) is 0 Å². The van der Waals surface area contributed by atoms with E-state index in [9.17, 15) is 0 Å². The van der Waals surface area contributed by atoms with Crippen molar-refractivity contribution in [3.05, 3.63) is 47.5 Å². The molecule has 1 aliphatic rings. The van der Waals surface area contributed by atoms with Crippen molar-refractivity contribution < 1.29 is 5.02 Å². The van der Waals surface area contributed by atoms with E-state index in [-0.39, 0.29) is 0 Å². The van der Waals surface area contributed by atoms with Crippen molar-refractivity contribution in [3.8, 4) is 0 Å². The summed E-state index contributed by atoms with van der Waals surface area (Å²) in [6.07, 6.45) is 4.17. The van der Waals surface area contributed by atoms with Gasteiger partial charge in [-0.15, -0.1) is 0 Å². The monoisotopic (exact) mass is 171 g/mol. The van der Waals surface area contributed by atoms with Crippen LogP contribution in [0.2, 0.25) is 5.82 Å². The van der Waals surface area contributed by atoms with E-state index in [0.717, 1.165) is 12.8 Å². The van der Waals surface area contributed by atoms with Crippen LogP contribution in [-0.4, -0.2) is 12.5 Å². The van der Waals surface area contributed by atoms with Crippen molar-refractivity contribution >= 4 is 7.48 Å². The maximum Gasteiger partial charge on any atom is 0.295 e. The average molecular weight is 171 g/mol. The van der Waals surface area contributed by atoms with Crippen molar-refractivity contribution in [1.29, 1.82) is 0 Å². The lowest BCUT2D eigenvalue weighted by Gasteiger charge is -2.24. The Morgan fingerprint density at radius 3 is 2.62 bits per heavy atom. The molecule has 0 spiro atoms. The van der Waals surface area contributed by atoms with Crippen molar-refractivity contribution in [1.82, 2.24) is 0 Å². The number of rotatable bonds is 3. The van der Waals surface area contributed by atoms with Crippen LogP contribution in [0.15, 0.2) is 42.0 Å². The predicted molar refractivity (Wildman–Crippen MR) is 54.6 cm³/mol. The summed E-state index contributed by atoms with van der Waals surface area (Å²) in [4.78, 5) is 0. The summed E-state index contributed by atoms with van der Waals surface area (Å²) in [6.45, 7) is 0. The van der Waals surface area contributed by atoms with Gasteiger partial charge in [-0.05, 0) is 24.2 Å². The van der Waals surface area contributed by atoms with Crippen LogP contribution in [0.5, 0.6) is 0 Å². The average Bonchev–Trinajstić information content (AvgIpc) is 2.15. The molecule has 0 bridgehead atoms. The Bertz CT molecular complexity index is 305. The summed E-state index contributed by atoms with van der Waals surface area (Å²) in [5.74, 6) is 0.306. The fourth-order valence-electron chi connectivity index (χ4n) is 1.61. The fraction of sp³-hybridized carbons (Fsp3) is 0.273. The Morgan fingerprint density at radius 2 is 2.08 bits per heavy atom. The first kappa shape index (κ1) is 8.58. The molecule has 0 heterocycles. The highest BCUT2D eigenvalue weighted by atomic mass is 16.2. The molecule has 1 aromatic carbocycles. The van der Waals surface area contributed by atoms with E-state index in [0.29, 0.717) is 5.82 Å². The van der Waals surface area contributed by atoms with E-state index in [1.165, 1.54) is 18.6 Å². The number of hydrogen-bond acceptors (Lipinski definition) is 1. The molecule has 1 radical (unpaired) electrons. The first-order valence-electron chi connectivity index (χ1n) is 4.60. The van der Waals surface area contributed by atoms with Gasteiger partial charge in [0.25, 0.3) is 7.48 Å². The van der Waals surface area contributed by atoms with Gasteiger partial charge < -0.3 is 5.02 Å². The summed E-state index contributed by atoms with van der Waals surface area (Å²) >= 11 is 0. The zero-order chi connectivity index (χ0) is 9.10. The highest BCUT2D eigenvalue weighted by molar-refractivity contribution is 6.29. The number of benzene rings is 1. The Balaban J connectivity index is 2.00. The van der Waals surface area contributed by atoms with Crippen LogP contribution >= 0.6 is 0 Å². The van der Waals surface area contributed by atoms with Crippen LogP contribution in [-0.2, 0) is 6.42 Å². The van der Waals surface area contributed by atoms with E-state index in [2.05, 4.69) is 18.2 Å². The van der Waals surface area contributed by atoms with Gasteiger partial charge in [-0.1, -0.05) is 42.0 Å². The smallest absolute Gasteiger partial charge is 0.295 e. The highest BCUT2D eigenvalue weighted by Gasteiger charge is 2.21. The first-order chi connectivity index (χ1) is 6.40. The normalized spacial score (nSPS) is 20.4. The Hall–Kier alpha value is -1.02. The van der Waals surface area contributed by atoms with Gasteiger partial charge in [-0.25, -0.2) is 0 Å². The molecule has 0 aliphatic heterocycles. The SMILES string of the molecule is O[B]C1CC=C1Cc1ccccc1. The van der Waals surface area contributed by atoms with Crippen molar-refractivity contribution in [2.75, 3.05) is 0 Å². The third-order valence-electron chi connectivity index (χ3n) is 2.54. The summed E-state index contributed by atoms with van der Waals surface area (Å²) in [5.41, 5.74) is 2.66. The molecule has 0 amide bonds. The molecular formula is C11H12BO. The largest absolute Gasteiger partial charge is 0.454 e. The molecule has 0 saturated carbocycles. The minimum Gasteiger partial charge on any atom is -0.454 e. The molecule has 1 nitrogen and oxygen atoms in total. The maximum absolute atomic E-state index is 8.87. The Morgan fingerprint density at radius 1 is 1.31 bits per heavy atom. The van der Waals surface area contributed by atoms with Gasteiger partial charge in [-0.2, -0.15) is 0 Å². The van der Waals surface area contributed by atoms with Crippen molar-refractivity contribution in [3.63, 3.8) is 0 Å². The van der Waals surface area contributed by atoms with Crippen LogP contribution in [0.1, 0.15) is 12.0 Å². The molecule has 1 N–H and O–H groups in total. The summed E-state index contributed by atoms with van der Waals surface area (Å²) < 4.78 is 0. The van der Waals surface area contributed by atoms with Crippen LogP contribution in [0, 0.1) is 0 Å². The zero-order valence-electron chi connectivity index (χ0n) is 7.48. The quantitative estimate of drug-likeness (QED) is 0.544. The van der Waals surface area contributed by atoms with E-state index < -0.39 is 0 Å². The van der Waals surface area contributed by atoms with Crippen LogP contribution in [0.25, 0.3) is 0 Å². The van der Waals surface area contributed by atoms with Gasteiger partial charge in [-0.3, -0.25) is 0 Å². The molecule has 65 valence electrons. The lowest BCUT2D eigenvalue weighted by atomic mass is 9.65. The third kappa shape index (κ3) is 1.83. The van der Waals surface area contributed by atoms with Crippen molar-refractivity contribution in [2.24, 2.45) is 0 Å². The second kappa shape index (κ2) is 3.80.